The molecule has 1 amide bonds. The fourth-order valence-corrected chi connectivity index (χ4v) is 1.63. The molecule has 0 saturated carbocycles. The molecule has 1 rings (SSSR count). The van der Waals surface area contributed by atoms with Gasteiger partial charge in [0.2, 0.25) is 5.91 Å². The van der Waals surface area contributed by atoms with Gasteiger partial charge in [0.05, 0.1) is 11.8 Å². The van der Waals surface area contributed by atoms with Crippen LogP contribution in [0.4, 0.5) is 5.69 Å². The predicted molar refractivity (Wildman–Crippen MR) is 68.4 cm³/mol. The van der Waals surface area contributed by atoms with Crippen LogP contribution in [0, 0.1) is 6.92 Å². The molecule has 1 unspecified atom stereocenters. The molecule has 1 aromatic carbocycles. The first-order valence-corrected chi connectivity index (χ1v) is 6.02. The molecule has 0 fully saturated rings. The molecule has 0 aliphatic heterocycles. The molecule has 0 saturated heterocycles. The Bertz CT molecular complexity index is 377. The van der Waals surface area contributed by atoms with Gasteiger partial charge in [0.25, 0.3) is 0 Å². The molecule has 0 aliphatic carbocycles. The lowest BCUT2D eigenvalue weighted by atomic mass is 10.2. The molecule has 88 valence electrons. The van der Waals surface area contributed by atoms with Crippen LogP contribution in [-0.2, 0) is 4.79 Å². The zero-order chi connectivity index (χ0) is 12.1. The molecular weight excluding hydrogens is 270 g/mol. The summed E-state index contributed by atoms with van der Waals surface area (Å²) in [6, 6.07) is 5.78. The Kier molecular flexibility index (Phi) is 4.96. The van der Waals surface area contributed by atoms with E-state index in [1.807, 2.05) is 25.1 Å². The van der Waals surface area contributed by atoms with Crippen LogP contribution in [0.25, 0.3) is 0 Å². The maximum atomic E-state index is 11.5. The Morgan fingerprint density at radius 3 is 2.88 bits per heavy atom. The zero-order valence-electron chi connectivity index (χ0n) is 9.46. The number of carbonyl (C=O) groups is 1. The SMILES string of the molecule is Cc1ccc(Br)c(NC(=O)CCC(C)O)c1. The number of anilines is 1. The number of aryl methyl sites for hydroxylation is 1. The van der Waals surface area contributed by atoms with Crippen molar-refractivity contribution in [3.63, 3.8) is 0 Å². The van der Waals surface area contributed by atoms with Crippen molar-refractivity contribution in [2.24, 2.45) is 0 Å². The van der Waals surface area contributed by atoms with Gasteiger partial charge < -0.3 is 10.4 Å². The second kappa shape index (κ2) is 6.01. The van der Waals surface area contributed by atoms with E-state index < -0.39 is 6.10 Å². The van der Waals surface area contributed by atoms with Gasteiger partial charge in [-0.15, -0.1) is 0 Å². The average Bonchev–Trinajstić information content (AvgIpc) is 2.20. The summed E-state index contributed by atoms with van der Waals surface area (Å²) in [7, 11) is 0. The topological polar surface area (TPSA) is 49.3 Å². The first kappa shape index (κ1) is 13.2. The normalized spacial score (nSPS) is 12.2. The van der Waals surface area contributed by atoms with Gasteiger partial charge in [0.15, 0.2) is 0 Å². The van der Waals surface area contributed by atoms with Crippen molar-refractivity contribution in [2.75, 3.05) is 5.32 Å². The Morgan fingerprint density at radius 1 is 1.56 bits per heavy atom. The van der Waals surface area contributed by atoms with Crippen LogP contribution in [0.15, 0.2) is 22.7 Å². The monoisotopic (exact) mass is 285 g/mol. The number of benzene rings is 1. The van der Waals surface area contributed by atoms with E-state index in [0.717, 1.165) is 15.7 Å². The number of rotatable bonds is 4. The minimum Gasteiger partial charge on any atom is -0.393 e. The molecule has 2 N–H and O–H groups in total. The number of hydrogen-bond acceptors (Lipinski definition) is 2. The van der Waals surface area contributed by atoms with Crippen molar-refractivity contribution < 1.29 is 9.90 Å². The summed E-state index contributed by atoms with van der Waals surface area (Å²) < 4.78 is 0.864. The second-order valence-corrected chi connectivity index (χ2v) is 4.77. The standard InChI is InChI=1S/C12H16BrNO2/c1-8-3-5-10(13)11(7-8)14-12(16)6-4-9(2)15/h3,5,7,9,15H,4,6H2,1-2H3,(H,14,16). The lowest BCUT2D eigenvalue weighted by Gasteiger charge is -2.09. The van der Waals surface area contributed by atoms with Gasteiger partial charge >= 0.3 is 0 Å². The molecule has 0 aromatic heterocycles. The van der Waals surface area contributed by atoms with E-state index >= 15 is 0 Å². The van der Waals surface area contributed by atoms with E-state index in [0.29, 0.717) is 12.8 Å². The third kappa shape index (κ3) is 4.33. The van der Waals surface area contributed by atoms with Crippen molar-refractivity contribution in [2.45, 2.75) is 32.8 Å². The maximum Gasteiger partial charge on any atom is 0.224 e. The van der Waals surface area contributed by atoms with Gasteiger partial charge in [-0.1, -0.05) is 6.07 Å². The Balaban J connectivity index is 2.59. The highest BCUT2D eigenvalue weighted by Crippen LogP contribution is 2.23. The summed E-state index contributed by atoms with van der Waals surface area (Å²) in [5.41, 5.74) is 1.87. The van der Waals surface area contributed by atoms with Crippen molar-refractivity contribution in [3.05, 3.63) is 28.2 Å². The molecule has 0 bridgehead atoms. The van der Waals surface area contributed by atoms with Gasteiger partial charge in [-0.3, -0.25) is 4.79 Å². The fourth-order valence-electron chi connectivity index (χ4n) is 1.29. The molecule has 0 radical (unpaired) electrons. The van der Waals surface area contributed by atoms with E-state index in [1.54, 1.807) is 6.92 Å². The Hall–Kier alpha value is -0.870. The minimum absolute atomic E-state index is 0.0767. The number of carbonyl (C=O) groups excluding carboxylic acids is 1. The number of aliphatic hydroxyl groups excluding tert-OH is 1. The molecule has 0 aliphatic rings. The molecule has 0 spiro atoms. The van der Waals surface area contributed by atoms with E-state index in [9.17, 15) is 4.79 Å². The lowest BCUT2D eigenvalue weighted by Crippen LogP contribution is -2.14. The van der Waals surface area contributed by atoms with Crippen LogP contribution in [0.5, 0.6) is 0 Å². The van der Waals surface area contributed by atoms with Crippen LogP contribution in [0.3, 0.4) is 0 Å². The highest BCUT2D eigenvalue weighted by molar-refractivity contribution is 9.10. The molecule has 16 heavy (non-hydrogen) atoms. The number of aliphatic hydroxyl groups is 1. The number of hydrogen-bond donors (Lipinski definition) is 2. The summed E-state index contributed by atoms with van der Waals surface area (Å²) in [4.78, 5) is 11.5. The van der Waals surface area contributed by atoms with Crippen molar-refractivity contribution in [1.29, 1.82) is 0 Å². The van der Waals surface area contributed by atoms with Crippen LogP contribution in [-0.4, -0.2) is 17.1 Å². The number of amides is 1. The highest BCUT2D eigenvalue weighted by Gasteiger charge is 2.07. The lowest BCUT2D eigenvalue weighted by molar-refractivity contribution is -0.116. The molecule has 1 atom stereocenters. The molecule has 1 aromatic rings. The summed E-state index contributed by atoms with van der Waals surface area (Å²) >= 11 is 3.37. The number of nitrogens with one attached hydrogen (secondary N) is 1. The Morgan fingerprint density at radius 2 is 2.25 bits per heavy atom. The van der Waals surface area contributed by atoms with E-state index in [2.05, 4.69) is 21.2 Å². The molecule has 3 nitrogen and oxygen atoms in total. The predicted octanol–water partition coefficient (Wildman–Crippen LogP) is 2.86. The summed E-state index contributed by atoms with van der Waals surface area (Å²) in [5, 5.41) is 11.9. The molecule has 4 heteroatoms. The fraction of sp³-hybridized carbons (Fsp3) is 0.417. The van der Waals surface area contributed by atoms with Crippen LogP contribution in [0.1, 0.15) is 25.3 Å². The second-order valence-electron chi connectivity index (χ2n) is 3.92. The summed E-state index contributed by atoms with van der Waals surface area (Å²) in [5.74, 6) is -0.0767. The molecule has 0 heterocycles. The van der Waals surface area contributed by atoms with E-state index in [-0.39, 0.29) is 5.91 Å². The number of halogens is 1. The van der Waals surface area contributed by atoms with Gasteiger partial charge in [0, 0.05) is 10.9 Å². The van der Waals surface area contributed by atoms with E-state index in [1.165, 1.54) is 0 Å². The average molecular weight is 286 g/mol. The van der Waals surface area contributed by atoms with Crippen molar-refractivity contribution in [1.82, 2.24) is 0 Å². The van der Waals surface area contributed by atoms with E-state index in [4.69, 9.17) is 5.11 Å². The smallest absolute Gasteiger partial charge is 0.224 e. The third-order valence-corrected chi connectivity index (χ3v) is 2.88. The highest BCUT2D eigenvalue weighted by atomic mass is 79.9. The minimum atomic E-state index is -0.438. The molecular formula is C12H16BrNO2. The van der Waals surface area contributed by atoms with Gasteiger partial charge in [-0.2, -0.15) is 0 Å². The Labute approximate surface area is 104 Å². The third-order valence-electron chi connectivity index (χ3n) is 2.19. The zero-order valence-corrected chi connectivity index (χ0v) is 11.0. The quantitative estimate of drug-likeness (QED) is 0.894. The first-order chi connectivity index (χ1) is 7.49. The van der Waals surface area contributed by atoms with Crippen LogP contribution >= 0.6 is 15.9 Å². The maximum absolute atomic E-state index is 11.5. The largest absolute Gasteiger partial charge is 0.393 e. The summed E-state index contributed by atoms with van der Waals surface area (Å²) in [6.45, 7) is 3.65. The van der Waals surface area contributed by atoms with Gasteiger partial charge in [-0.25, -0.2) is 0 Å². The van der Waals surface area contributed by atoms with Crippen molar-refractivity contribution >= 4 is 27.5 Å². The summed E-state index contributed by atoms with van der Waals surface area (Å²) in [6.07, 6.45) is 0.375. The van der Waals surface area contributed by atoms with Crippen LogP contribution in [0.2, 0.25) is 0 Å². The van der Waals surface area contributed by atoms with Crippen molar-refractivity contribution in [3.8, 4) is 0 Å². The van der Waals surface area contributed by atoms with Gasteiger partial charge in [-0.05, 0) is 53.9 Å². The first-order valence-electron chi connectivity index (χ1n) is 5.23. The van der Waals surface area contributed by atoms with Crippen LogP contribution < -0.4 is 5.32 Å². The van der Waals surface area contributed by atoms with Gasteiger partial charge in [0.1, 0.15) is 0 Å².